The molecule has 0 aliphatic rings. The van der Waals surface area contributed by atoms with E-state index in [0.29, 0.717) is 13.2 Å². The maximum absolute atomic E-state index is 8.57. The molecule has 0 atom stereocenters. The highest BCUT2D eigenvalue weighted by Gasteiger charge is 2.00. The molecule has 1 heterocycles. The van der Waals surface area contributed by atoms with Gasteiger partial charge in [-0.2, -0.15) is 0 Å². The number of aliphatic hydroxyl groups is 1. The molecule has 18 heavy (non-hydrogen) atoms. The summed E-state index contributed by atoms with van der Waals surface area (Å²) in [6, 6.07) is 10.2. The van der Waals surface area contributed by atoms with Crippen LogP contribution in [0.1, 0.15) is 5.56 Å². The van der Waals surface area contributed by atoms with Gasteiger partial charge in [0.05, 0.1) is 25.3 Å². The lowest BCUT2D eigenvalue weighted by Crippen LogP contribution is -2.20. The Hall–Kier alpha value is -1.49. The molecule has 0 amide bonds. The zero-order valence-corrected chi connectivity index (χ0v) is 10.3. The number of aliphatic hydroxyl groups excluding tert-OH is 1. The highest BCUT2D eigenvalue weighted by molar-refractivity contribution is 5.81. The molecule has 0 fully saturated rings. The molecule has 0 radical (unpaired) electrons. The molecule has 0 bridgehead atoms. The molecular weight excluding hydrogens is 228 g/mol. The number of hydrogen-bond donors (Lipinski definition) is 2. The van der Waals surface area contributed by atoms with Gasteiger partial charge in [0.15, 0.2) is 0 Å². The number of fused-ring (bicyclic) bond motifs is 1. The van der Waals surface area contributed by atoms with Gasteiger partial charge >= 0.3 is 0 Å². The molecule has 0 saturated heterocycles. The zero-order chi connectivity index (χ0) is 12.6. The Balaban J connectivity index is 1.88. The fourth-order valence-electron chi connectivity index (χ4n) is 1.84. The van der Waals surface area contributed by atoms with Crippen molar-refractivity contribution in [3.8, 4) is 0 Å². The first-order valence-electron chi connectivity index (χ1n) is 6.14. The van der Waals surface area contributed by atoms with Gasteiger partial charge in [0.2, 0.25) is 0 Å². The molecule has 0 unspecified atom stereocenters. The van der Waals surface area contributed by atoms with Gasteiger partial charge in [-0.05, 0) is 11.6 Å². The lowest BCUT2D eigenvalue weighted by Gasteiger charge is -2.07. The molecule has 2 rings (SSSR count). The van der Waals surface area contributed by atoms with E-state index in [1.165, 1.54) is 5.56 Å². The first kappa shape index (κ1) is 13.0. The Morgan fingerprint density at radius 1 is 1.17 bits per heavy atom. The Morgan fingerprint density at radius 2 is 2.06 bits per heavy atom. The van der Waals surface area contributed by atoms with Crippen molar-refractivity contribution in [3.05, 3.63) is 42.1 Å². The van der Waals surface area contributed by atoms with Gasteiger partial charge < -0.3 is 15.2 Å². The summed E-state index contributed by atoms with van der Waals surface area (Å²) in [5.41, 5.74) is 2.24. The number of para-hydroxylation sites is 1. The quantitative estimate of drug-likeness (QED) is 0.724. The van der Waals surface area contributed by atoms with Crippen LogP contribution in [0.2, 0.25) is 0 Å². The van der Waals surface area contributed by atoms with E-state index in [0.717, 1.165) is 24.0 Å². The number of nitrogens with one attached hydrogen (secondary N) is 1. The van der Waals surface area contributed by atoms with Crippen LogP contribution in [0.4, 0.5) is 0 Å². The largest absolute Gasteiger partial charge is 0.394 e. The van der Waals surface area contributed by atoms with Crippen molar-refractivity contribution in [1.29, 1.82) is 0 Å². The molecule has 1 aromatic heterocycles. The minimum Gasteiger partial charge on any atom is -0.394 e. The Kier molecular flexibility index (Phi) is 5.08. The number of aromatic nitrogens is 1. The smallest absolute Gasteiger partial charge is 0.0746 e. The van der Waals surface area contributed by atoms with E-state index in [2.05, 4.69) is 28.5 Å². The van der Waals surface area contributed by atoms with Crippen molar-refractivity contribution < 1.29 is 9.84 Å². The number of nitrogens with zero attached hydrogens (tertiary/aromatic N) is 1. The molecule has 4 nitrogen and oxygen atoms in total. The first-order chi connectivity index (χ1) is 8.92. The first-order valence-corrected chi connectivity index (χ1v) is 6.14. The maximum Gasteiger partial charge on any atom is 0.0746 e. The highest BCUT2D eigenvalue weighted by Crippen LogP contribution is 2.15. The fourth-order valence-corrected chi connectivity index (χ4v) is 1.84. The van der Waals surface area contributed by atoms with Crippen molar-refractivity contribution in [2.45, 2.75) is 6.54 Å². The third kappa shape index (κ3) is 3.50. The predicted octanol–water partition coefficient (Wildman–Crippen LogP) is 1.33. The van der Waals surface area contributed by atoms with E-state index < -0.39 is 0 Å². The van der Waals surface area contributed by atoms with E-state index >= 15 is 0 Å². The van der Waals surface area contributed by atoms with Crippen LogP contribution in [0.3, 0.4) is 0 Å². The molecular formula is C14H18N2O2. The molecule has 2 aromatic rings. The van der Waals surface area contributed by atoms with Gasteiger partial charge in [-0.3, -0.25) is 4.98 Å². The predicted molar refractivity (Wildman–Crippen MR) is 71.4 cm³/mol. The Bertz CT molecular complexity index is 483. The molecule has 0 saturated carbocycles. The zero-order valence-electron chi connectivity index (χ0n) is 10.3. The average molecular weight is 246 g/mol. The van der Waals surface area contributed by atoms with Crippen LogP contribution in [0.15, 0.2) is 36.5 Å². The van der Waals surface area contributed by atoms with E-state index in [-0.39, 0.29) is 6.61 Å². The normalized spacial score (nSPS) is 10.9. The highest BCUT2D eigenvalue weighted by atomic mass is 16.5. The summed E-state index contributed by atoms with van der Waals surface area (Å²) in [6.45, 7) is 2.63. The Labute approximate surface area is 107 Å². The van der Waals surface area contributed by atoms with Gasteiger partial charge in [0, 0.05) is 24.7 Å². The van der Waals surface area contributed by atoms with Crippen LogP contribution in [0.25, 0.3) is 10.9 Å². The number of rotatable bonds is 7. The van der Waals surface area contributed by atoms with Gasteiger partial charge in [-0.15, -0.1) is 0 Å². The standard InChI is InChI=1S/C14H18N2O2/c17-8-10-18-9-7-15-11-13-4-1-3-12-5-2-6-16-14(12)13/h1-6,15,17H,7-11H2. The van der Waals surface area contributed by atoms with Crippen LogP contribution < -0.4 is 5.32 Å². The van der Waals surface area contributed by atoms with Crippen LogP contribution in [-0.2, 0) is 11.3 Å². The lowest BCUT2D eigenvalue weighted by molar-refractivity contribution is 0.0938. The van der Waals surface area contributed by atoms with E-state index in [1.54, 1.807) is 0 Å². The number of hydrogen-bond acceptors (Lipinski definition) is 4. The van der Waals surface area contributed by atoms with Crippen molar-refractivity contribution in [2.75, 3.05) is 26.4 Å². The summed E-state index contributed by atoms with van der Waals surface area (Å²) >= 11 is 0. The van der Waals surface area contributed by atoms with Gasteiger partial charge in [-0.25, -0.2) is 0 Å². The molecule has 0 spiro atoms. The summed E-state index contributed by atoms with van der Waals surface area (Å²) in [7, 11) is 0. The second-order valence-corrected chi connectivity index (χ2v) is 4.01. The second kappa shape index (κ2) is 7.06. The molecule has 1 aromatic carbocycles. The Morgan fingerprint density at radius 3 is 2.94 bits per heavy atom. The van der Waals surface area contributed by atoms with E-state index in [4.69, 9.17) is 9.84 Å². The van der Waals surface area contributed by atoms with Gasteiger partial charge in [0.1, 0.15) is 0 Å². The van der Waals surface area contributed by atoms with Crippen LogP contribution >= 0.6 is 0 Å². The molecule has 4 heteroatoms. The van der Waals surface area contributed by atoms with E-state index in [1.807, 2.05) is 18.3 Å². The third-order valence-corrected chi connectivity index (χ3v) is 2.69. The van der Waals surface area contributed by atoms with Crippen molar-refractivity contribution in [3.63, 3.8) is 0 Å². The summed E-state index contributed by atoms with van der Waals surface area (Å²) < 4.78 is 5.18. The summed E-state index contributed by atoms with van der Waals surface area (Å²) in [4.78, 5) is 4.41. The van der Waals surface area contributed by atoms with Crippen molar-refractivity contribution in [1.82, 2.24) is 10.3 Å². The van der Waals surface area contributed by atoms with Crippen molar-refractivity contribution >= 4 is 10.9 Å². The SMILES string of the molecule is OCCOCCNCc1cccc2cccnc12. The van der Waals surface area contributed by atoms with Crippen LogP contribution in [-0.4, -0.2) is 36.5 Å². The average Bonchev–Trinajstić information content (AvgIpc) is 2.43. The number of pyridine rings is 1. The second-order valence-electron chi connectivity index (χ2n) is 4.01. The molecule has 0 aliphatic carbocycles. The monoisotopic (exact) mass is 246 g/mol. The fraction of sp³-hybridized carbons (Fsp3) is 0.357. The van der Waals surface area contributed by atoms with Crippen molar-refractivity contribution in [2.24, 2.45) is 0 Å². The molecule has 0 aliphatic heterocycles. The molecule has 2 N–H and O–H groups in total. The van der Waals surface area contributed by atoms with Gasteiger partial charge in [0.25, 0.3) is 0 Å². The molecule has 96 valence electrons. The minimum atomic E-state index is 0.0766. The third-order valence-electron chi connectivity index (χ3n) is 2.69. The number of ether oxygens (including phenoxy) is 1. The summed E-state index contributed by atoms with van der Waals surface area (Å²) in [5, 5.41) is 13.0. The van der Waals surface area contributed by atoms with E-state index in [9.17, 15) is 0 Å². The summed E-state index contributed by atoms with van der Waals surface area (Å²) in [6.07, 6.45) is 1.82. The lowest BCUT2D eigenvalue weighted by atomic mass is 10.1. The topological polar surface area (TPSA) is 54.4 Å². The van der Waals surface area contributed by atoms with Gasteiger partial charge in [-0.1, -0.05) is 24.3 Å². The summed E-state index contributed by atoms with van der Waals surface area (Å²) in [5.74, 6) is 0. The van der Waals surface area contributed by atoms with Crippen LogP contribution in [0, 0.1) is 0 Å². The maximum atomic E-state index is 8.57. The van der Waals surface area contributed by atoms with Crippen LogP contribution in [0.5, 0.6) is 0 Å². The minimum absolute atomic E-state index is 0.0766. The number of benzene rings is 1.